The summed E-state index contributed by atoms with van der Waals surface area (Å²) in [5.41, 5.74) is 2.17. The molecule has 1 saturated carbocycles. The lowest BCUT2D eigenvalue weighted by atomic mass is 10.2. The smallest absolute Gasteiger partial charge is 0.191 e. The van der Waals surface area contributed by atoms with Gasteiger partial charge in [0.2, 0.25) is 0 Å². The van der Waals surface area contributed by atoms with E-state index in [9.17, 15) is 0 Å². The fraction of sp³-hybridized carbons (Fsp3) is 0.368. The number of rotatable bonds is 7. The average Bonchev–Trinajstić information content (AvgIpc) is 3.47. The molecule has 1 aromatic carbocycles. The number of ether oxygens (including phenoxy) is 1. The van der Waals surface area contributed by atoms with Gasteiger partial charge in [-0.05, 0) is 36.5 Å². The molecule has 1 fully saturated rings. The Hall–Kier alpha value is -2.27. The van der Waals surface area contributed by atoms with Crippen LogP contribution in [0.3, 0.4) is 0 Å². The van der Waals surface area contributed by atoms with Gasteiger partial charge < -0.3 is 15.4 Å². The second-order valence-electron chi connectivity index (χ2n) is 6.13. The minimum atomic E-state index is 0.495. The number of nitrogens with zero attached hydrogens (tertiary/aromatic N) is 2. The molecule has 0 radical (unpaired) electrons. The Balaban J connectivity index is 1.51. The summed E-state index contributed by atoms with van der Waals surface area (Å²) in [6.45, 7) is 2.09. The van der Waals surface area contributed by atoms with Crippen LogP contribution in [0.5, 0.6) is 5.75 Å². The summed E-state index contributed by atoms with van der Waals surface area (Å²) in [4.78, 5) is 8.33. The van der Waals surface area contributed by atoms with Gasteiger partial charge in [-0.25, -0.2) is 4.98 Å². The van der Waals surface area contributed by atoms with Crippen LogP contribution in [0.4, 0.5) is 0 Å². The first-order valence-electron chi connectivity index (χ1n) is 8.50. The van der Waals surface area contributed by atoms with Crippen LogP contribution in [0.2, 0.25) is 5.15 Å². The Bertz CT molecular complexity index is 714. The van der Waals surface area contributed by atoms with Crippen LogP contribution in [0.15, 0.2) is 47.6 Å². The first kappa shape index (κ1) is 17.5. The lowest BCUT2D eigenvalue weighted by Crippen LogP contribution is -2.36. The molecule has 0 saturated heterocycles. The summed E-state index contributed by atoms with van der Waals surface area (Å²) < 4.78 is 5.95. The summed E-state index contributed by atoms with van der Waals surface area (Å²) in [7, 11) is 1.75. The molecule has 5 nitrogen and oxygen atoms in total. The molecule has 2 N–H and O–H groups in total. The highest BCUT2D eigenvalue weighted by Gasteiger charge is 2.22. The SMILES string of the molecule is CN=C(NCc1ccc(Cl)nc1)NCc1ccccc1OCC1CC1. The van der Waals surface area contributed by atoms with Gasteiger partial charge in [-0.15, -0.1) is 0 Å². The van der Waals surface area contributed by atoms with Crippen LogP contribution in [0, 0.1) is 5.92 Å². The number of hydrogen-bond donors (Lipinski definition) is 2. The average molecular weight is 359 g/mol. The van der Waals surface area contributed by atoms with Crippen molar-refractivity contribution in [3.05, 3.63) is 58.9 Å². The predicted molar refractivity (Wildman–Crippen MR) is 101 cm³/mol. The van der Waals surface area contributed by atoms with Gasteiger partial charge in [-0.2, -0.15) is 0 Å². The van der Waals surface area contributed by atoms with Crippen molar-refractivity contribution in [3.8, 4) is 5.75 Å². The minimum absolute atomic E-state index is 0.495. The third-order valence-corrected chi connectivity index (χ3v) is 4.29. The highest BCUT2D eigenvalue weighted by Crippen LogP contribution is 2.30. The molecular formula is C19H23ClN4O. The summed E-state index contributed by atoms with van der Waals surface area (Å²) in [6.07, 6.45) is 4.33. The topological polar surface area (TPSA) is 58.5 Å². The number of hydrogen-bond acceptors (Lipinski definition) is 3. The molecule has 0 amide bonds. The zero-order valence-electron chi connectivity index (χ0n) is 14.3. The van der Waals surface area contributed by atoms with Crippen molar-refractivity contribution >= 4 is 17.6 Å². The number of benzene rings is 1. The Morgan fingerprint density at radius 2 is 2.00 bits per heavy atom. The molecule has 0 spiro atoms. The van der Waals surface area contributed by atoms with Gasteiger partial charge in [0.25, 0.3) is 0 Å². The maximum atomic E-state index is 5.95. The lowest BCUT2D eigenvalue weighted by molar-refractivity contribution is 0.296. The quantitative estimate of drug-likeness (QED) is 0.452. The van der Waals surface area contributed by atoms with Crippen LogP contribution in [-0.4, -0.2) is 24.6 Å². The van der Waals surface area contributed by atoms with Gasteiger partial charge in [-0.3, -0.25) is 4.99 Å². The molecule has 2 aromatic rings. The van der Waals surface area contributed by atoms with Crippen molar-refractivity contribution in [2.75, 3.05) is 13.7 Å². The summed E-state index contributed by atoms with van der Waals surface area (Å²) in [5, 5.41) is 7.09. The monoisotopic (exact) mass is 358 g/mol. The van der Waals surface area contributed by atoms with Crippen LogP contribution >= 0.6 is 11.6 Å². The summed E-state index contributed by atoms with van der Waals surface area (Å²) in [6, 6.07) is 11.8. The zero-order valence-corrected chi connectivity index (χ0v) is 15.1. The number of para-hydroxylation sites is 1. The molecule has 0 aliphatic heterocycles. The third-order valence-electron chi connectivity index (χ3n) is 4.06. The molecule has 6 heteroatoms. The molecule has 1 aliphatic rings. The second-order valence-corrected chi connectivity index (χ2v) is 6.52. The molecular weight excluding hydrogens is 336 g/mol. The van der Waals surface area contributed by atoms with Crippen molar-refractivity contribution in [1.82, 2.24) is 15.6 Å². The normalized spacial score (nSPS) is 14.2. The Morgan fingerprint density at radius 1 is 1.20 bits per heavy atom. The largest absolute Gasteiger partial charge is 0.493 e. The number of halogens is 1. The van der Waals surface area contributed by atoms with Gasteiger partial charge in [0.05, 0.1) is 6.61 Å². The van der Waals surface area contributed by atoms with E-state index in [0.717, 1.165) is 35.4 Å². The molecule has 0 atom stereocenters. The fourth-order valence-corrected chi connectivity index (χ4v) is 2.49. The van der Waals surface area contributed by atoms with E-state index in [1.54, 1.807) is 19.3 Å². The predicted octanol–water partition coefficient (Wildman–Crippen LogP) is 3.39. The number of guanidine groups is 1. The molecule has 1 aliphatic carbocycles. The number of pyridine rings is 1. The lowest BCUT2D eigenvalue weighted by Gasteiger charge is -2.15. The van der Waals surface area contributed by atoms with E-state index in [-0.39, 0.29) is 0 Å². The van der Waals surface area contributed by atoms with Gasteiger partial charge >= 0.3 is 0 Å². The van der Waals surface area contributed by atoms with Gasteiger partial charge in [0.1, 0.15) is 10.9 Å². The van der Waals surface area contributed by atoms with E-state index in [2.05, 4.69) is 26.7 Å². The fourth-order valence-electron chi connectivity index (χ4n) is 2.38. The second kappa shape index (κ2) is 8.72. The van der Waals surface area contributed by atoms with E-state index in [4.69, 9.17) is 16.3 Å². The molecule has 1 aromatic heterocycles. The Labute approximate surface area is 153 Å². The molecule has 132 valence electrons. The van der Waals surface area contributed by atoms with E-state index >= 15 is 0 Å². The number of aliphatic imine (C=N–C) groups is 1. The summed E-state index contributed by atoms with van der Waals surface area (Å²) >= 11 is 5.80. The molecule has 25 heavy (non-hydrogen) atoms. The molecule has 1 heterocycles. The van der Waals surface area contributed by atoms with Crippen LogP contribution in [-0.2, 0) is 13.1 Å². The maximum Gasteiger partial charge on any atom is 0.191 e. The van der Waals surface area contributed by atoms with E-state index in [1.165, 1.54) is 12.8 Å². The van der Waals surface area contributed by atoms with Crippen molar-refractivity contribution in [3.63, 3.8) is 0 Å². The molecule has 0 bridgehead atoms. The number of aromatic nitrogens is 1. The highest BCUT2D eigenvalue weighted by molar-refractivity contribution is 6.29. The molecule has 0 unspecified atom stereocenters. The van der Waals surface area contributed by atoms with Crippen LogP contribution in [0.25, 0.3) is 0 Å². The van der Waals surface area contributed by atoms with Gasteiger partial charge in [-0.1, -0.05) is 35.9 Å². The third kappa shape index (κ3) is 5.64. The Kier molecular flexibility index (Phi) is 6.12. The van der Waals surface area contributed by atoms with Gasteiger partial charge in [0.15, 0.2) is 5.96 Å². The minimum Gasteiger partial charge on any atom is -0.493 e. The van der Waals surface area contributed by atoms with Crippen LogP contribution < -0.4 is 15.4 Å². The highest BCUT2D eigenvalue weighted by atomic mass is 35.5. The summed E-state index contributed by atoms with van der Waals surface area (Å²) in [5.74, 6) is 2.41. The number of nitrogens with one attached hydrogen (secondary N) is 2. The standard InChI is InChI=1S/C19H23ClN4O/c1-21-19(23-11-15-8-9-18(20)22-10-15)24-12-16-4-2-3-5-17(16)25-13-14-6-7-14/h2-5,8-10,14H,6-7,11-13H2,1H3,(H2,21,23,24). The molecule has 3 rings (SSSR count). The van der Waals surface area contributed by atoms with Crippen molar-refractivity contribution in [2.45, 2.75) is 25.9 Å². The Morgan fingerprint density at radius 3 is 2.72 bits per heavy atom. The van der Waals surface area contributed by atoms with E-state index in [0.29, 0.717) is 18.2 Å². The van der Waals surface area contributed by atoms with E-state index in [1.807, 2.05) is 24.3 Å². The van der Waals surface area contributed by atoms with Crippen molar-refractivity contribution < 1.29 is 4.74 Å². The zero-order chi connectivity index (χ0) is 17.5. The van der Waals surface area contributed by atoms with Crippen molar-refractivity contribution in [1.29, 1.82) is 0 Å². The van der Waals surface area contributed by atoms with Crippen LogP contribution in [0.1, 0.15) is 24.0 Å². The first-order valence-corrected chi connectivity index (χ1v) is 8.88. The van der Waals surface area contributed by atoms with E-state index < -0.39 is 0 Å². The first-order chi connectivity index (χ1) is 12.2. The van der Waals surface area contributed by atoms with Gasteiger partial charge in [0, 0.05) is 31.9 Å². The maximum absolute atomic E-state index is 5.95. The van der Waals surface area contributed by atoms with Crippen molar-refractivity contribution in [2.24, 2.45) is 10.9 Å².